The summed E-state index contributed by atoms with van der Waals surface area (Å²) in [5.41, 5.74) is 3.10. The van der Waals surface area contributed by atoms with Crippen molar-refractivity contribution in [3.05, 3.63) is 94.8 Å². The molecule has 0 fully saturated rings. The second-order valence-corrected chi connectivity index (χ2v) is 10.6. The maximum Gasteiger partial charge on any atom is 0.233 e. The van der Waals surface area contributed by atoms with Gasteiger partial charge in [-0.1, -0.05) is 24.3 Å². The summed E-state index contributed by atoms with van der Waals surface area (Å²) in [4.78, 5) is 38.3. The van der Waals surface area contributed by atoms with Gasteiger partial charge in [-0.15, -0.1) is 0 Å². The highest BCUT2D eigenvalue weighted by Gasteiger charge is 2.35. The van der Waals surface area contributed by atoms with E-state index >= 15 is 4.39 Å². The molecule has 9 nitrogen and oxygen atoms in total. The van der Waals surface area contributed by atoms with Crippen molar-refractivity contribution in [1.82, 2.24) is 9.97 Å². The monoisotopic (exact) mass is 583 g/mol. The van der Waals surface area contributed by atoms with Crippen LogP contribution in [0.3, 0.4) is 0 Å². The second kappa shape index (κ2) is 12.5. The zero-order valence-corrected chi connectivity index (χ0v) is 24.8. The minimum atomic E-state index is -0.608. The fraction of sp³-hybridized carbons (Fsp3) is 0.273. The van der Waals surface area contributed by atoms with Crippen molar-refractivity contribution < 1.29 is 23.5 Å². The first-order valence-corrected chi connectivity index (χ1v) is 14.0. The van der Waals surface area contributed by atoms with Gasteiger partial charge in [0.2, 0.25) is 11.9 Å². The number of methoxy groups -OCH3 is 2. The van der Waals surface area contributed by atoms with Gasteiger partial charge in [0.15, 0.2) is 5.78 Å². The Balaban J connectivity index is 1.61. The molecule has 0 unspecified atom stereocenters. The summed E-state index contributed by atoms with van der Waals surface area (Å²) < 4.78 is 25.7. The molecule has 0 atom stereocenters. The minimum absolute atomic E-state index is 0.0801. The van der Waals surface area contributed by atoms with E-state index in [-0.39, 0.29) is 41.4 Å². The normalized spacial score (nSPS) is 12.3. The number of benzene rings is 3. The largest absolute Gasteiger partial charge is 0.497 e. The smallest absolute Gasteiger partial charge is 0.233 e. The van der Waals surface area contributed by atoms with E-state index in [2.05, 4.69) is 10.2 Å². The lowest BCUT2D eigenvalue weighted by atomic mass is 10.1. The van der Waals surface area contributed by atoms with E-state index in [9.17, 15) is 9.59 Å². The van der Waals surface area contributed by atoms with Gasteiger partial charge in [-0.3, -0.25) is 14.5 Å². The summed E-state index contributed by atoms with van der Waals surface area (Å²) >= 11 is 0. The lowest BCUT2D eigenvalue weighted by molar-refractivity contribution is -0.117. The van der Waals surface area contributed by atoms with Crippen LogP contribution in [0.1, 0.15) is 47.8 Å². The Kier molecular flexibility index (Phi) is 8.56. The molecule has 0 aliphatic carbocycles. The Bertz CT molecular complexity index is 1590. The quantitative estimate of drug-likeness (QED) is 0.212. The molecule has 3 aromatic carbocycles. The summed E-state index contributed by atoms with van der Waals surface area (Å²) in [6, 6.07) is 19.6. The first kappa shape index (κ1) is 29.5. The van der Waals surface area contributed by atoms with Crippen LogP contribution >= 0.6 is 0 Å². The van der Waals surface area contributed by atoms with Crippen LogP contribution in [0.5, 0.6) is 11.5 Å². The molecule has 1 amide bonds. The number of hydrogen-bond acceptors (Lipinski definition) is 8. The Hall–Kier alpha value is -4.99. The summed E-state index contributed by atoms with van der Waals surface area (Å²) in [5.74, 6) is 1.76. The summed E-state index contributed by atoms with van der Waals surface area (Å²) in [6.45, 7) is 6.17. The zero-order chi connectivity index (χ0) is 30.7. The van der Waals surface area contributed by atoms with E-state index in [0.29, 0.717) is 30.3 Å². The molecule has 0 spiro atoms. The Morgan fingerprint density at radius 1 is 0.953 bits per heavy atom. The summed E-state index contributed by atoms with van der Waals surface area (Å²) in [5, 5.41) is 2.99. The maximum absolute atomic E-state index is 15.0. The molecule has 43 heavy (non-hydrogen) atoms. The van der Waals surface area contributed by atoms with Crippen molar-refractivity contribution in [2.24, 2.45) is 0 Å². The predicted molar refractivity (Wildman–Crippen MR) is 164 cm³/mol. The third-order valence-electron chi connectivity index (χ3n) is 7.29. The van der Waals surface area contributed by atoms with E-state index in [1.165, 1.54) is 19.1 Å². The van der Waals surface area contributed by atoms with Gasteiger partial charge >= 0.3 is 0 Å². The van der Waals surface area contributed by atoms with Crippen molar-refractivity contribution in [3.8, 4) is 11.5 Å². The molecule has 1 aromatic heterocycles. The maximum atomic E-state index is 15.0. The molecule has 0 bridgehead atoms. The van der Waals surface area contributed by atoms with Crippen LogP contribution in [-0.2, 0) is 24.3 Å². The number of Topliss-reactive ketones (excluding diaryl/α,β-unsaturated/α-hetero) is 1. The lowest BCUT2D eigenvalue weighted by Crippen LogP contribution is -2.34. The number of fused-ring (bicyclic) bond motifs is 1. The molecule has 0 saturated heterocycles. The van der Waals surface area contributed by atoms with Gasteiger partial charge in [0.1, 0.15) is 29.0 Å². The highest BCUT2D eigenvalue weighted by Crippen LogP contribution is 2.38. The summed E-state index contributed by atoms with van der Waals surface area (Å²) in [7, 11) is 3.25. The number of halogens is 1. The number of hydrogen-bond donors (Lipinski definition) is 1. The molecule has 1 N–H and O–H groups in total. The predicted octanol–water partition coefficient (Wildman–Crippen LogP) is 6.08. The summed E-state index contributed by atoms with van der Waals surface area (Å²) in [6.07, 6.45) is 0.145. The molecule has 222 valence electrons. The van der Waals surface area contributed by atoms with Crippen molar-refractivity contribution in [2.45, 2.75) is 46.3 Å². The molecular weight excluding hydrogens is 549 g/mol. The van der Waals surface area contributed by atoms with Gasteiger partial charge in [0.25, 0.3) is 0 Å². The van der Waals surface area contributed by atoms with Gasteiger partial charge in [-0.05, 0) is 74.4 Å². The van der Waals surface area contributed by atoms with E-state index in [4.69, 9.17) is 19.4 Å². The topological polar surface area (TPSA) is 96.9 Å². The van der Waals surface area contributed by atoms with Crippen LogP contribution in [-0.4, -0.2) is 41.9 Å². The van der Waals surface area contributed by atoms with Crippen LogP contribution in [0, 0.1) is 5.82 Å². The third-order valence-corrected chi connectivity index (χ3v) is 7.29. The number of nitrogens with zero attached hydrogens (tertiary/aromatic N) is 4. The van der Waals surface area contributed by atoms with Crippen molar-refractivity contribution in [3.63, 3.8) is 0 Å². The fourth-order valence-corrected chi connectivity index (χ4v) is 5.09. The van der Waals surface area contributed by atoms with Gasteiger partial charge in [-0.2, -0.15) is 9.97 Å². The molecule has 10 heteroatoms. The van der Waals surface area contributed by atoms with Gasteiger partial charge in [0.05, 0.1) is 26.3 Å². The number of carbonyl (C=O) groups excluding carboxylic acids is 2. The average molecular weight is 584 g/mol. The molecule has 2 heterocycles. The Morgan fingerprint density at radius 2 is 1.53 bits per heavy atom. The SMILES string of the molecule is COc1ccc(CN(Cc2ccc(OC)cc2)c2nc(Nc3ccc(C(C)=O)cc3F)nc3c2CC(=O)N3C(C)C)cc1. The molecule has 4 aromatic rings. The van der Waals surface area contributed by atoms with Crippen LogP contribution < -0.4 is 24.6 Å². The third kappa shape index (κ3) is 6.43. The Morgan fingerprint density at radius 3 is 2.02 bits per heavy atom. The van der Waals surface area contributed by atoms with Crippen LogP contribution in [0.2, 0.25) is 0 Å². The van der Waals surface area contributed by atoms with Crippen molar-refractivity contribution >= 4 is 35.0 Å². The number of ketones is 1. The number of carbonyl (C=O) groups is 2. The van der Waals surface area contributed by atoms with E-state index < -0.39 is 5.82 Å². The van der Waals surface area contributed by atoms with Crippen LogP contribution in [0.15, 0.2) is 66.7 Å². The Labute approximate surface area is 250 Å². The van der Waals surface area contributed by atoms with Gasteiger partial charge in [-0.25, -0.2) is 4.39 Å². The number of nitrogens with one attached hydrogen (secondary N) is 1. The first-order valence-electron chi connectivity index (χ1n) is 14.0. The van der Waals surface area contributed by atoms with Crippen LogP contribution in [0.4, 0.5) is 27.7 Å². The first-order chi connectivity index (χ1) is 20.7. The van der Waals surface area contributed by atoms with Gasteiger partial charge < -0.3 is 19.7 Å². The molecule has 1 aliphatic rings. The van der Waals surface area contributed by atoms with E-state index in [0.717, 1.165) is 22.6 Å². The number of aromatic nitrogens is 2. The molecule has 5 rings (SSSR count). The van der Waals surface area contributed by atoms with Crippen molar-refractivity contribution in [1.29, 1.82) is 0 Å². The number of amides is 1. The lowest BCUT2D eigenvalue weighted by Gasteiger charge is -2.27. The highest BCUT2D eigenvalue weighted by atomic mass is 19.1. The van der Waals surface area contributed by atoms with Crippen LogP contribution in [0.25, 0.3) is 0 Å². The average Bonchev–Trinajstić information content (AvgIpc) is 3.34. The molecule has 1 aliphatic heterocycles. The number of ether oxygens (including phenoxy) is 2. The fourth-order valence-electron chi connectivity index (χ4n) is 5.09. The number of rotatable bonds is 11. The molecular formula is C33H34FN5O4. The van der Waals surface area contributed by atoms with E-state index in [1.54, 1.807) is 25.2 Å². The molecule has 0 radical (unpaired) electrons. The van der Waals surface area contributed by atoms with Crippen molar-refractivity contribution in [2.75, 3.05) is 29.3 Å². The van der Waals surface area contributed by atoms with Gasteiger partial charge in [0, 0.05) is 30.3 Å². The van der Waals surface area contributed by atoms with E-state index in [1.807, 2.05) is 62.4 Å². The number of anilines is 4. The zero-order valence-electron chi connectivity index (χ0n) is 24.8. The minimum Gasteiger partial charge on any atom is -0.497 e. The highest BCUT2D eigenvalue weighted by molar-refractivity contribution is 6.02. The second-order valence-electron chi connectivity index (χ2n) is 10.6. The standard InChI is InChI=1S/C33H34FN5O4/c1-20(2)39-30(41)17-27-31(36-33(37-32(27)39)35-29-15-10-24(21(3)40)16-28(29)34)38(18-22-6-11-25(42-4)12-7-22)19-23-8-13-26(43-5)14-9-23/h6-16,20H,17-19H2,1-5H3,(H,35,36,37). The molecule has 0 saturated carbocycles.